The smallest absolute Gasteiger partial charge is 0.330 e. The molecule has 0 spiro atoms. The van der Waals surface area contributed by atoms with E-state index in [0.29, 0.717) is 6.61 Å². The standard InChI is InChI=1S/C17H23IO2/c1-2-3-4-5-6-7-14-20-17(19)13-10-15-8-11-16(18)12-9-15/h8-13H,2-7,14H2,1H3/b13-10+. The largest absolute Gasteiger partial charge is 0.463 e. The van der Waals surface area contributed by atoms with Gasteiger partial charge in [-0.25, -0.2) is 4.79 Å². The van der Waals surface area contributed by atoms with Crippen molar-refractivity contribution in [1.82, 2.24) is 0 Å². The van der Waals surface area contributed by atoms with Crippen molar-refractivity contribution < 1.29 is 9.53 Å². The van der Waals surface area contributed by atoms with Crippen LogP contribution in [0.15, 0.2) is 30.3 Å². The Kier molecular flexibility index (Phi) is 9.37. The van der Waals surface area contributed by atoms with Gasteiger partial charge in [-0.1, -0.05) is 51.2 Å². The topological polar surface area (TPSA) is 26.3 Å². The molecule has 0 radical (unpaired) electrons. The molecule has 0 unspecified atom stereocenters. The van der Waals surface area contributed by atoms with Crippen LogP contribution in [0, 0.1) is 3.57 Å². The number of hydrogen-bond donors (Lipinski definition) is 0. The molecule has 0 saturated carbocycles. The van der Waals surface area contributed by atoms with Gasteiger partial charge in [-0.15, -0.1) is 0 Å². The Labute approximate surface area is 135 Å². The van der Waals surface area contributed by atoms with Crippen LogP contribution in [0.4, 0.5) is 0 Å². The maximum Gasteiger partial charge on any atom is 0.330 e. The summed E-state index contributed by atoms with van der Waals surface area (Å²) in [4.78, 5) is 11.5. The van der Waals surface area contributed by atoms with Crippen LogP contribution in [0.2, 0.25) is 0 Å². The molecule has 0 aliphatic heterocycles. The minimum atomic E-state index is -0.253. The predicted molar refractivity (Wildman–Crippen MR) is 92.5 cm³/mol. The molecule has 0 N–H and O–H groups in total. The van der Waals surface area contributed by atoms with Gasteiger partial charge in [-0.2, -0.15) is 0 Å². The monoisotopic (exact) mass is 386 g/mol. The fourth-order valence-corrected chi connectivity index (χ4v) is 2.20. The Morgan fingerprint density at radius 1 is 1.10 bits per heavy atom. The number of hydrogen-bond acceptors (Lipinski definition) is 2. The second kappa shape index (κ2) is 10.9. The van der Waals surface area contributed by atoms with Crippen molar-refractivity contribution in [2.75, 3.05) is 6.61 Å². The fraction of sp³-hybridized carbons (Fsp3) is 0.471. The lowest BCUT2D eigenvalue weighted by atomic mass is 10.1. The van der Waals surface area contributed by atoms with Crippen molar-refractivity contribution in [3.05, 3.63) is 39.5 Å². The van der Waals surface area contributed by atoms with Crippen LogP contribution in [0.5, 0.6) is 0 Å². The number of esters is 1. The molecule has 20 heavy (non-hydrogen) atoms. The summed E-state index contributed by atoms with van der Waals surface area (Å²) in [5, 5.41) is 0. The molecule has 1 aromatic carbocycles. The van der Waals surface area contributed by atoms with Crippen LogP contribution in [0.3, 0.4) is 0 Å². The molecule has 0 aromatic heterocycles. The zero-order chi connectivity index (χ0) is 14.6. The highest BCUT2D eigenvalue weighted by molar-refractivity contribution is 14.1. The number of rotatable bonds is 9. The molecule has 2 nitrogen and oxygen atoms in total. The molecule has 1 aromatic rings. The molecular weight excluding hydrogens is 363 g/mol. The summed E-state index contributed by atoms with van der Waals surface area (Å²) in [7, 11) is 0. The molecular formula is C17H23IO2. The first-order chi connectivity index (χ1) is 9.72. The summed E-state index contributed by atoms with van der Waals surface area (Å²) in [5.41, 5.74) is 1.02. The summed E-state index contributed by atoms with van der Waals surface area (Å²) >= 11 is 2.26. The van der Waals surface area contributed by atoms with E-state index in [1.54, 1.807) is 6.08 Å². The van der Waals surface area contributed by atoms with E-state index in [1.807, 2.05) is 24.3 Å². The Bertz CT molecular complexity index is 410. The summed E-state index contributed by atoms with van der Waals surface area (Å²) in [6.07, 6.45) is 10.5. The van der Waals surface area contributed by atoms with Gasteiger partial charge in [-0.05, 0) is 52.8 Å². The Balaban J connectivity index is 2.12. The van der Waals surface area contributed by atoms with E-state index in [-0.39, 0.29) is 5.97 Å². The molecule has 0 amide bonds. The second-order valence-corrected chi connectivity index (χ2v) is 6.07. The van der Waals surface area contributed by atoms with Crippen LogP contribution in [-0.2, 0) is 9.53 Å². The molecule has 110 valence electrons. The van der Waals surface area contributed by atoms with Crippen molar-refractivity contribution in [3.8, 4) is 0 Å². The molecule has 1 rings (SSSR count). The number of carbonyl (C=O) groups is 1. The zero-order valence-corrected chi connectivity index (χ0v) is 14.3. The zero-order valence-electron chi connectivity index (χ0n) is 12.1. The third-order valence-electron chi connectivity index (χ3n) is 3.02. The van der Waals surface area contributed by atoms with Crippen molar-refractivity contribution >= 4 is 34.6 Å². The first kappa shape index (κ1) is 17.2. The summed E-state index contributed by atoms with van der Waals surface area (Å²) in [6, 6.07) is 8.00. The second-order valence-electron chi connectivity index (χ2n) is 4.82. The van der Waals surface area contributed by atoms with Crippen LogP contribution in [-0.4, -0.2) is 12.6 Å². The molecule has 0 fully saturated rings. The quantitative estimate of drug-likeness (QED) is 0.252. The first-order valence-corrected chi connectivity index (χ1v) is 8.40. The van der Waals surface area contributed by atoms with Gasteiger partial charge in [0.05, 0.1) is 6.61 Å². The summed E-state index contributed by atoms with van der Waals surface area (Å²) in [6.45, 7) is 2.74. The molecule has 0 bridgehead atoms. The Morgan fingerprint density at radius 3 is 2.45 bits per heavy atom. The van der Waals surface area contributed by atoms with Crippen molar-refractivity contribution in [1.29, 1.82) is 0 Å². The molecule has 0 atom stereocenters. The van der Waals surface area contributed by atoms with Gasteiger partial charge in [0, 0.05) is 9.65 Å². The molecule has 0 aliphatic rings. The number of unbranched alkanes of at least 4 members (excludes halogenated alkanes) is 5. The van der Waals surface area contributed by atoms with Gasteiger partial charge in [0.1, 0.15) is 0 Å². The minimum absolute atomic E-state index is 0.253. The van der Waals surface area contributed by atoms with Crippen LogP contribution in [0.1, 0.15) is 51.0 Å². The first-order valence-electron chi connectivity index (χ1n) is 7.33. The molecule has 0 aliphatic carbocycles. The Hall–Kier alpha value is -0.840. The van der Waals surface area contributed by atoms with Gasteiger partial charge in [-0.3, -0.25) is 0 Å². The average Bonchev–Trinajstić information content (AvgIpc) is 2.46. The normalized spacial score (nSPS) is 10.9. The lowest BCUT2D eigenvalue weighted by Gasteiger charge is -2.02. The van der Waals surface area contributed by atoms with Crippen LogP contribution < -0.4 is 0 Å². The van der Waals surface area contributed by atoms with Gasteiger partial charge >= 0.3 is 5.97 Å². The summed E-state index contributed by atoms with van der Waals surface area (Å²) < 4.78 is 6.35. The average molecular weight is 386 g/mol. The fourth-order valence-electron chi connectivity index (χ4n) is 1.84. The third kappa shape index (κ3) is 8.35. The van der Waals surface area contributed by atoms with E-state index in [1.165, 1.54) is 35.3 Å². The highest BCUT2D eigenvalue weighted by Gasteiger charge is 1.97. The van der Waals surface area contributed by atoms with E-state index in [9.17, 15) is 4.79 Å². The van der Waals surface area contributed by atoms with Gasteiger partial charge in [0.25, 0.3) is 0 Å². The van der Waals surface area contributed by atoms with E-state index in [0.717, 1.165) is 18.4 Å². The highest BCUT2D eigenvalue weighted by atomic mass is 127. The van der Waals surface area contributed by atoms with E-state index >= 15 is 0 Å². The van der Waals surface area contributed by atoms with E-state index in [4.69, 9.17) is 4.74 Å². The molecule has 0 heterocycles. The number of carbonyl (C=O) groups excluding carboxylic acids is 1. The van der Waals surface area contributed by atoms with Crippen molar-refractivity contribution in [3.63, 3.8) is 0 Å². The van der Waals surface area contributed by atoms with E-state index < -0.39 is 0 Å². The lowest BCUT2D eigenvalue weighted by molar-refractivity contribution is -0.137. The van der Waals surface area contributed by atoms with Crippen LogP contribution in [0.25, 0.3) is 6.08 Å². The van der Waals surface area contributed by atoms with Gasteiger partial charge in [0.15, 0.2) is 0 Å². The Morgan fingerprint density at radius 2 is 1.75 bits per heavy atom. The lowest BCUT2D eigenvalue weighted by Crippen LogP contribution is -2.02. The maximum absolute atomic E-state index is 11.5. The highest BCUT2D eigenvalue weighted by Crippen LogP contribution is 2.08. The van der Waals surface area contributed by atoms with Crippen LogP contribution >= 0.6 is 22.6 Å². The SMILES string of the molecule is CCCCCCCCOC(=O)/C=C/c1ccc(I)cc1. The number of halogens is 1. The van der Waals surface area contributed by atoms with E-state index in [2.05, 4.69) is 29.5 Å². The molecule has 3 heteroatoms. The third-order valence-corrected chi connectivity index (χ3v) is 3.74. The van der Waals surface area contributed by atoms with Gasteiger partial charge < -0.3 is 4.74 Å². The van der Waals surface area contributed by atoms with Crippen molar-refractivity contribution in [2.45, 2.75) is 45.4 Å². The van der Waals surface area contributed by atoms with Crippen molar-refractivity contribution in [2.24, 2.45) is 0 Å². The van der Waals surface area contributed by atoms with Gasteiger partial charge in [0.2, 0.25) is 0 Å². The molecule has 0 saturated heterocycles. The number of ether oxygens (including phenoxy) is 1. The predicted octanol–water partition coefficient (Wildman–Crippen LogP) is 5.21. The summed E-state index contributed by atoms with van der Waals surface area (Å²) in [5.74, 6) is -0.253. The minimum Gasteiger partial charge on any atom is -0.463 e. The maximum atomic E-state index is 11.5. The number of benzene rings is 1.